The van der Waals surface area contributed by atoms with E-state index in [2.05, 4.69) is 6.92 Å². The Bertz CT molecular complexity index is 37.8. The minimum absolute atomic E-state index is 1.37. The second-order valence-electron chi connectivity index (χ2n) is 2.49. The van der Waals surface area contributed by atoms with Crippen molar-refractivity contribution in [3.63, 3.8) is 0 Å². The summed E-state index contributed by atoms with van der Waals surface area (Å²) in [5.41, 5.74) is 0. The third-order valence-corrected chi connectivity index (χ3v) is 2.74. The summed E-state index contributed by atoms with van der Waals surface area (Å²) in [5.74, 6) is 0. The van der Waals surface area contributed by atoms with Crippen molar-refractivity contribution in [2.45, 2.75) is 49.6 Å². The molecule has 2 radical (unpaired) electrons. The maximum atomic E-state index is 2.27. The van der Waals surface area contributed by atoms with E-state index in [1.807, 2.05) is 0 Å². The number of hydrogen-bond acceptors (Lipinski definition) is 0. The molecule has 0 heterocycles. The van der Waals surface area contributed by atoms with Gasteiger partial charge < -0.3 is 0 Å². The second-order valence-corrected chi connectivity index (χ2v) is 4.23. The van der Waals surface area contributed by atoms with E-state index >= 15 is 0 Å². The molecule has 0 bridgehead atoms. The molecule has 0 aliphatic carbocycles. The summed E-state index contributed by atoms with van der Waals surface area (Å²) in [5, 5.41) is 0. The molecule has 0 aromatic carbocycles. The van der Waals surface area contributed by atoms with Gasteiger partial charge in [-0.2, -0.15) is 0 Å². The van der Waals surface area contributed by atoms with Crippen LogP contribution in [-0.2, 0) is 0 Å². The van der Waals surface area contributed by atoms with Gasteiger partial charge in [-0.3, -0.25) is 0 Å². The molecule has 0 nitrogen and oxygen atoms in total. The van der Waals surface area contributed by atoms with Crippen LogP contribution < -0.4 is 0 Å². The molecule has 0 spiro atoms. The van der Waals surface area contributed by atoms with Gasteiger partial charge >= 0.3 is 74.3 Å². The molecule has 0 saturated heterocycles. The van der Waals surface area contributed by atoms with Crippen molar-refractivity contribution in [1.82, 2.24) is 0 Å². The van der Waals surface area contributed by atoms with Gasteiger partial charge in [0.15, 0.2) is 0 Å². The van der Waals surface area contributed by atoms with E-state index in [9.17, 15) is 0 Å². The van der Waals surface area contributed by atoms with Crippen LogP contribution in [0.15, 0.2) is 0 Å². The number of hydrogen-bond donors (Lipinski definition) is 0. The molecule has 0 aromatic rings. The van der Waals surface area contributed by atoms with Gasteiger partial charge in [-0.25, -0.2) is 0 Å². The van der Waals surface area contributed by atoms with Crippen LogP contribution in [-0.4, -0.2) is 24.7 Å². The van der Waals surface area contributed by atoms with Gasteiger partial charge in [0, 0.05) is 0 Å². The first-order valence-corrected chi connectivity index (χ1v) is 6.48. The van der Waals surface area contributed by atoms with Gasteiger partial charge in [0.05, 0.1) is 0 Å². The third-order valence-electron chi connectivity index (χ3n) is 1.51. The van der Waals surface area contributed by atoms with Crippen molar-refractivity contribution >= 4 is 24.7 Å². The fourth-order valence-corrected chi connectivity index (χ4v) is 1.76. The van der Waals surface area contributed by atoms with Crippen LogP contribution in [0, 0.1) is 0 Å². The van der Waals surface area contributed by atoms with E-state index in [4.69, 9.17) is 0 Å². The molecule has 0 fully saturated rings. The standard InChI is InChI=1S/C8H17.Bi/c1-3-5-7-8-6-4-2;/h1,3-8H2,2H3;. The Balaban J connectivity index is 2.60. The van der Waals surface area contributed by atoms with Crippen LogP contribution in [0.5, 0.6) is 0 Å². The van der Waals surface area contributed by atoms with Gasteiger partial charge in [0.25, 0.3) is 0 Å². The van der Waals surface area contributed by atoms with E-state index in [1.54, 1.807) is 24.7 Å². The van der Waals surface area contributed by atoms with Crippen molar-refractivity contribution in [3.8, 4) is 0 Å². The summed E-state index contributed by atoms with van der Waals surface area (Å²) in [7, 11) is 0. The fourth-order valence-electron chi connectivity index (χ4n) is 0.892. The average molecular weight is 322 g/mol. The van der Waals surface area contributed by atoms with Gasteiger partial charge in [0.2, 0.25) is 0 Å². The zero-order valence-corrected chi connectivity index (χ0v) is 9.87. The van der Waals surface area contributed by atoms with E-state index in [1.165, 1.54) is 42.7 Å². The van der Waals surface area contributed by atoms with Crippen molar-refractivity contribution < 1.29 is 0 Å². The summed E-state index contributed by atoms with van der Waals surface area (Å²) >= 11 is 1.58. The quantitative estimate of drug-likeness (QED) is 0.521. The van der Waals surface area contributed by atoms with Gasteiger partial charge in [-0.15, -0.1) is 0 Å². The Kier molecular flexibility index (Phi) is 9.75. The predicted molar refractivity (Wildman–Crippen MR) is 43.9 cm³/mol. The third kappa shape index (κ3) is 8.88. The van der Waals surface area contributed by atoms with E-state index < -0.39 is 0 Å². The van der Waals surface area contributed by atoms with Crippen LogP contribution in [0.3, 0.4) is 0 Å². The van der Waals surface area contributed by atoms with Crippen LogP contribution in [0.4, 0.5) is 0 Å². The maximum absolute atomic E-state index is 2.27. The SMILES string of the molecule is CCCCCCC[CH2][Bi]. The Hall–Kier alpha value is 0.883. The minimum atomic E-state index is 1.37. The zero-order chi connectivity index (χ0) is 6.95. The van der Waals surface area contributed by atoms with E-state index in [0.29, 0.717) is 0 Å². The number of unbranched alkanes of at least 4 members (excludes halogenated alkanes) is 5. The van der Waals surface area contributed by atoms with Crippen molar-refractivity contribution in [2.24, 2.45) is 0 Å². The molecule has 54 valence electrons. The van der Waals surface area contributed by atoms with Crippen molar-refractivity contribution in [1.29, 1.82) is 0 Å². The Morgan fingerprint density at radius 3 is 2.00 bits per heavy atom. The fraction of sp³-hybridized carbons (Fsp3) is 1.00. The Morgan fingerprint density at radius 1 is 0.889 bits per heavy atom. The first kappa shape index (κ1) is 9.88. The molecule has 9 heavy (non-hydrogen) atoms. The van der Waals surface area contributed by atoms with Gasteiger partial charge in [0.1, 0.15) is 0 Å². The summed E-state index contributed by atoms with van der Waals surface area (Å²) < 4.78 is 1.48. The summed E-state index contributed by atoms with van der Waals surface area (Å²) in [6.45, 7) is 2.27. The van der Waals surface area contributed by atoms with Crippen LogP contribution in [0.2, 0.25) is 4.13 Å². The monoisotopic (exact) mass is 322 g/mol. The Morgan fingerprint density at radius 2 is 1.44 bits per heavy atom. The van der Waals surface area contributed by atoms with Gasteiger partial charge in [-0.1, -0.05) is 0 Å². The van der Waals surface area contributed by atoms with Crippen LogP contribution >= 0.6 is 0 Å². The zero-order valence-electron chi connectivity index (χ0n) is 6.40. The molecule has 1 heteroatoms. The molecular formula is C8H17Bi. The molecule has 0 aliphatic rings. The normalized spacial score (nSPS) is 10.0. The summed E-state index contributed by atoms with van der Waals surface area (Å²) in [6.07, 6.45) is 8.73. The van der Waals surface area contributed by atoms with Crippen LogP contribution in [0.1, 0.15) is 45.4 Å². The van der Waals surface area contributed by atoms with E-state index in [-0.39, 0.29) is 0 Å². The molecular weight excluding hydrogens is 305 g/mol. The van der Waals surface area contributed by atoms with Gasteiger partial charge in [-0.05, 0) is 0 Å². The summed E-state index contributed by atoms with van der Waals surface area (Å²) in [4.78, 5) is 0. The van der Waals surface area contributed by atoms with Crippen molar-refractivity contribution in [3.05, 3.63) is 0 Å². The Labute approximate surface area is 74.3 Å². The molecule has 0 saturated carbocycles. The second kappa shape index (κ2) is 8.88. The topological polar surface area (TPSA) is 0 Å². The van der Waals surface area contributed by atoms with Crippen molar-refractivity contribution in [2.75, 3.05) is 0 Å². The summed E-state index contributed by atoms with van der Waals surface area (Å²) in [6, 6.07) is 0. The predicted octanol–water partition coefficient (Wildman–Crippen LogP) is 2.93. The molecule has 0 amide bonds. The molecule has 0 N–H and O–H groups in total. The molecule has 0 aliphatic heterocycles. The molecule has 0 aromatic heterocycles. The van der Waals surface area contributed by atoms with E-state index in [0.717, 1.165) is 0 Å². The first-order chi connectivity index (χ1) is 4.41. The molecule has 0 rings (SSSR count). The number of rotatable bonds is 6. The molecule has 0 unspecified atom stereocenters. The van der Waals surface area contributed by atoms with Crippen LogP contribution in [0.25, 0.3) is 0 Å². The average Bonchev–Trinajstić information content (AvgIpc) is 1.89. The molecule has 0 atom stereocenters. The first-order valence-electron chi connectivity index (χ1n) is 4.02.